The maximum absolute atomic E-state index is 13.8. The zero-order valence-corrected chi connectivity index (χ0v) is 17.3. The third-order valence-electron chi connectivity index (χ3n) is 4.39. The number of anilines is 2. The van der Waals surface area contributed by atoms with Crippen molar-refractivity contribution in [3.05, 3.63) is 51.6 Å². The molecule has 28 heavy (non-hydrogen) atoms. The van der Waals surface area contributed by atoms with Crippen LogP contribution >= 0.6 is 28.1 Å². The zero-order chi connectivity index (χ0) is 20.4. The van der Waals surface area contributed by atoms with Gasteiger partial charge in [0.15, 0.2) is 5.11 Å². The van der Waals surface area contributed by atoms with Crippen molar-refractivity contribution in [2.75, 3.05) is 36.4 Å². The van der Waals surface area contributed by atoms with Gasteiger partial charge in [-0.2, -0.15) is 0 Å². The highest BCUT2D eigenvalue weighted by atomic mass is 79.9. The van der Waals surface area contributed by atoms with Gasteiger partial charge >= 0.3 is 5.97 Å². The molecule has 1 aromatic heterocycles. The van der Waals surface area contributed by atoms with Gasteiger partial charge in [0.05, 0.1) is 0 Å². The number of aromatic nitrogens is 1. The number of thiocarbonyl (C=S) groups is 1. The number of hydrogen-bond donors (Lipinski definition) is 2. The van der Waals surface area contributed by atoms with Gasteiger partial charge in [-0.05, 0) is 58.8 Å². The summed E-state index contributed by atoms with van der Waals surface area (Å²) in [6.45, 7) is 4.61. The number of carbonyl (C=O) groups is 1. The van der Waals surface area contributed by atoms with Crippen LogP contribution in [0.4, 0.5) is 20.3 Å². The standard InChI is InChI=1S/C18H17BrF2N4O2S/c1-10-6-11(19)9-22-16(10)24-2-4-25(5-3-24)18(28)23-12-7-13(20)15(17(26)27)14(21)8-12/h6-9H,2-5H2,1H3,(H,23,28)(H,26,27). The molecule has 0 aliphatic carbocycles. The molecule has 0 bridgehead atoms. The topological polar surface area (TPSA) is 68.7 Å². The van der Waals surface area contributed by atoms with Gasteiger partial charge < -0.3 is 20.2 Å². The average Bonchev–Trinajstić information content (AvgIpc) is 2.61. The van der Waals surface area contributed by atoms with Gasteiger partial charge in [-0.15, -0.1) is 0 Å². The van der Waals surface area contributed by atoms with E-state index in [1.807, 2.05) is 17.9 Å². The zero-order valence-electron chi connectivity index (χ0n) is 14.9. The summed E-state index contributed by atoms with van der Waals surface area (Å²) in [5.41, 5.74) is 0.147. The first-order valence-electron chi connectivity index (χ1n) is 8.41. The summed E-state index contributed by atoms with van der Waals surface area (Å²) in [6, 6.07) is 3.85. The third kappa shape index (κ3) is 4.39. The second-order valence-corrected chi connectivity index (χ2v) is 7.62. The van der Waals surface area contributed by atoms with Crippen molar-refractivity contribution >= 4 is 50.7 Å². The number of rotatable bonds is 3. The Kier molecular flexibility index (Phi) is 6.09. The molecule has 3 rings (SSSR count). The van der Waals surface area contributed by atoms with Crippen LogP contribution < -0.4 is 10.2 Å². The van der Waals surface area contributed by atoms with E-state index in [1.54, 1.807) is 6.20 Å². The Hall–Kier alpha value is -2.33. The maximum atomic E-state index is 13.8. The maximum Gasteiger partial charge on any atom is 0.341 e. The number of nitrogens with one attached hydrogen (secondary N) is 1. The predicted molar refractivity (Wildman–Crippen MR) is 110 cm³/mol. The lowest BCUT2D eigenvalue weighted by molar-refractivity contribution is 0.0686. The number of halogens is 3. The summed E-state index contributed by atoms with van der Waals surface area (Å²) in [6.07, 6.45) is 1.75. The molecule has 148 valence electrons. The molecule has 0 unspecified atom stereocenters. The van der Waals surface area contributed by atoms with Gasteiger partial charge in [0.1, 0.15) is 23.0 Å². The Morgan fingerprint density at radius 3 is 2.36 bits per heavy atom. The minimum atomic E-state index is -1.66. The number of hydrogen-bond acceptors (Lipinski definition) is 4. The SMILES string of the molecule is Cc1cc(Br)cnc1N1CCN(C(=S)Nc2cc(F)c(C(=O)O)c(F)c2)CC1. The number of aromatic carboxylic acids is 1. The van der Waals surface area contributed by atoms with E-state index >= 15 is 0 Å². The van der Waals surface area contributed by atoms with Gasteiger partial charge in [-0.25, -0.2) is 18.6 Å². The fourth-order valence-electron chi connectivity index (χ4n) is 3.04. The number of carboxylic acid groups (broad SMARTS) is 1. The Morgan fingerprint density at radius 2 is 1.82 bits per heavy atom. The molecule has 1 aromatic carbocycles. The van der Waals surface area contributed by atoms with Gasteiger partial charge in [0.2, 0.25) is 0 Å². The molecule has 2 heterocycles. The number of aryl methyl sites for hydroxylation is 1. The molecule has 0 spiro atoms. The lowest BCUT2D eigenvalue weighted by atomic mass is 10.2. The van der Waals surface area contributed by atoms with Crippen LogP contribution in [-0.2, 0) is 0 Å². The molecule has 1 aliphatic heterocycles. The quantitative estimate of drug-likeness (QED) is 0.663. The largest absolute Gasteiger partial charge is 0.477 e. The van der Waals surface area contributed by atoms with Gasteiger partial charge in [0, 0.05) is 42.5 Å². The second kappa shape index (κ2) is 8.36. The summed E-state index contributed by atoms with van der Waals surface area (Å²) >= 11 is 8.74. The highest BCUT2D eigenvalue weighted by Crippen LogP contribution is 2.23. The lowest BCUT2D eigenvalue weighted by Gasteiger charge is -2.37. The summed E-state index contributed by atoms with van der Waals surface area (Å²) in [5.74, 6) is -3.05. The van der Waals surface area contributed by atoms with E-state index in [4.69, 9.17) is 17.3 Å². The monoisotopic (exact) mass is 470 g/mol. The van der Waals surface area contributed by atoms with Crippen molar-refractivity contribution in [3.63, 3.8) is 0 Å². The van der Waals surface area contributed by atoms with Crippen LogP contribution in [0.25, 0.3) is 0 Å². The first-order valence-corrected chi connectivity index (χ1v) is 9.61. The molecule has 1 saturated heterocycles. The van der Waals surface area contributed by atoms with Crippen LogP contribution in [-0.4, -0.2) is 52.3 Å². The highest BCUT2D eigenvalue weighted by Gasteiger charge is 2.22. The molecule has 0 atom stereocenters. The minimum absolute atomic E-state index is 0.0675. The fraction of sp³-hybridized carbons (Fsp3) is 0.278. The molecular formula is C18H17BrF2N4O2S. The number of benzene rings is 1. The third-order valence-corrected chi connectivity index (χ3v) is 5.18. The number of carboxylic acids is 1. The van der Waals surface area contributed by atoms with E-state index in [9.17, 15) is 13.6 Å². The average molecular weight is 471 g/mol. The van der Waals surface area contributed by atoms with Crippen LogP contribution in [0.3, 0.4) is 0 Å². The minimum Gasteiger partial charge on any atom is -0.477 e. The Bertz CT molecular complexity index is 913. The van der Waals surface area contributed by atoms with Crippen LogP contribution in [0.5, 0.6) is 0 Å². The molecule has 0 saturated carbocycles. The van der Waals surface area contributed by atoms with Gasteiger partial charge in [0.25, 0.3) is 0 Å². The second-order valence-electron chi connectivity index (χ2n) is 6.32. The van der Waals surface area contributed by atoms with Crippen molar-refractivity contribution in [1.29, 1.82) is 0 Å². The van der Waals surface area contributed by atoms with Gasteiger partial charge in [-0.3, -0.25) is 0 Å². The first kappa shape index (κ1) is 20.4. The van der Waals surface area contributed by atoms with Crippen molar-refractivity contribution in [2.45, 2.75) is 6.92 Å². The molecular weight excluding hydrogens is 454 g/mol. The molecule has 0 amide bonds. The molecule has 0 radical (unpaired) electrons. The molecule has 2 N–H and O–H groups in total. The van der Waals surface area contributed by atoms with Crippen molar-refractivity contribution < 1.29 is 18.7 Å². The number of nitrogens with zero attached hydrogens (tertiary/aromatic N) is 3. The van der Waals surface area contributed by atoms with E-state index in [-0.39, 0.29) is 5.69 Å². The van der Waals surface area contributed by atoms with E-state index < -0.39 is 23.2 Å². The number of pyridine rings is 1. The van der Waals surface area contributed by atoms with E-state index in [2.05, 4.69) is 31.1 Å². The normalized spacial score (nSPS) is 14.1. The van der Waals surface area contributed by atoms with Crippen LogP contribution in [0.15, 0.2) is 28.9 Å². The Labute approximate surface area is 174 Å². The van der Waals surface area contributed by atoms with E-state index in [0.29, 0.717) is 31.3 Å². The van der Waals surface area contributed by atoms with E-state index in [0.717, 1.165) is 28.0 Å². The van der Waals surface area contributed by atoms with E-state index in [1.165, 1.54) is 0 Å². The summed E-state index contributed by atoms with van der Waals surface area (Å²) in [5, 5.41) is 11.9. The highest BCUT2D eigenvalue weighted by molar-refractivity contribution is 9.10. The fourth-order valence-corrected chi connectivity index (χ4v) is 3.78. The summed E-state index contributed by atoms with van der Waals surface area (Å²) in [7, 11) is 0. The smallest absolute Gasteiger partial charge is 0.341 e. The van der Waals surface area contributed by atoms with Crippen LogP contribution in [0.2, 0.25) is 0 Å². The molecule has 1 fully saturated rings. The summed E-state index contributed by atoms with van der Waals surface area (Å²) < 4.78 is 28.6. The van der Waals surface area contributed by atoms with Crippen molar-refractivity contribution in [1.82, 2.24) is 9.88 Å². The number of piperazine rings is 1. The van der Waals surface area contributed by atoms with Crippen LogP contribution in [0, 0.1) is 18.6 Å². The van der Waals surface area contributed by atoms with Crippen molar-refractivity contribution in [3.8, 4) is 0 Å². The molecule has 6 nitrogen and oxygen atoms in total. The van der Waals surface area contributed by atoms with Gasteiger partial charge in [-0.1, -0.05) is 0 Å². The van der Waals surface area contributed by atoms with Crippen LogP contribution in [0.1, 0.15) is 15.9 Å². The molecule has 10 heteroatoms. The lowest BCUT2D eigenvalue weighted by Crippen LogP contribution is -2.50. The molecule has 2 aromatic rings. The predicted octanol–water partition coefficient (Wildman–Crippen LogP) is 3.65. The summed E-state index contributed by atoms with van der Waals surface area (Å²) in [4.78, 5) is 19.4. The molecule has 1 aliphatic rings. The van der Waals surface area contributed by atoms with Crippen molar-refractivity contribution in [2.24, 2.45) is 0 Å². The first-order chi connectivity index (χ1) is 13.3. The Morgan fingerprint density at radius 1 is 1.21 bits per heavy atom. The Balaban J connectivity index is 1.63.